The van der Waals surface area contributed by atoms with E-state index >= 15 is 0 Å². The highest BCUT2D eigenvalue weighted by molar-refractivity contribution is 5.91. The van der Waals surface area contributed by atoms with Crippen molar-refractivity contribution < 1.29 is 18.6 Å². The normalized spacial score (nSPS) is 20.8. The molecule has 0 bridgehead atoms. The average Bonchev–Trinajstić information content (AvgIpc) is 3.44. The van der Waals surface area contributed by atoms with Gasteiger partial charge in [0.15, 0.2) is 5.69 Å². The van der Waals surface area contributed by atoms with Gasteiger partial charge in [0.05, 0.1) is 6.10 Å². The van der Waals surface area contributed by atoms with E-state index in [1.54, 1.807) is 6.07 Å². The van der Waals surface area contributed by atoms with Crippen LogP contribution in [0.4, 0.5) is 4.39 Å². The minimum atomic E-state index is -0.157. The lowest BCUT2D eigenvalue weighted by atomic mass is 9.95. The van der Waals surface area contributed by atoms with Crippen LogP contribution in [0, 0.1) is 11.7 Å². The van der Waals surface area contributed by atoms with Crippen LogP contribution in [0.5, 0.6) is 0 Å². The van der Waals surface area contributed by atoms with E-state index in [0.29, 0.717) is 25.6 Å². The van der Waals surface area contributed by atoms with Crippen LogP contribution in [0.25, 0.3) is 0 Å². The Morgan fingerprint density at radius 3 is 2.72 bits per heavy atom. The zero-order valence-electron chi connectivity index (χ0n) is 16.5. The van der Waals surface area contributed by atoms with Gasteiger partial charge >= 0.3 is 0 Å². The number of halogens is 1. The molecule has 1 aromatic heterocycles. The fourth-order valence-electron chi connectivity index (χ4n) is 4.20. The Morgan fingerprint density at radius 1 is 1.21 bits per heavy atom. The molecular formula is C21H27FN4O3. The van der Waals surface area contributed by atoms with E-state index in [0.717, 1.165) is 50.9 Å². The highest BCUT2D eigenvalue weighted by Crippen LogP contribution is 2.23. The van der Waals surface area contributed by atoms with Gasteiger partial charge in [-0.15, -0.1) is 0 Å². The number of carbonyl (C=O) groups is 1. The number of carbonyl (C=O) groups excluding carboxylic acids is 1. The molecule has 4 rings (SSSR count). The Labute approximate surface area is 169 Å². The number of nitrogens with zero attached hydrogens (tertiary/aromatic N) is 4. The second-order valence-corrected chi connectivity index (χ2v) is 7.95. The van der Waals surface area contributed by atoms with Gasteiger partial charge in [-0.05, 0) is 55.9 Å². The largest absolute Gasteiger partial charge is 0.376 e. The molecule has 0 aliphatic carbocycles. The predicted octanol–water partition coefficient (Wildman–Crippen LogP) is 2.74. The van der Waals surface area contributed by atoms with Gasteiger partial charge in [0.25, 0.3) is 5.91 Å². The number of piperidine rings is 1. The number of ether oxygens (including phenoxy) is 1. The van der Waals surface area contributed by atoms with Crippen LogP contribution in [-0.4, -0.2) is 64.9 Å². The molecule has 7 nitrogen and oxygen atoms in total. The molecule has 156 valence electrons. The lowest BCUT2D eigenvalue weighted by Crippen LogP contribution is -2.43. The SMILES string of the molecule is O=C(c1cnon1)N(CC1CCN(Cc2ccccc2F)CC1)C[C@H]1CCCO1. The molecule has 1 aromatic carbocycles. The summed E-state index contributed by atoms with van der Waals surface area (Å²) in [6, 6.07) is 6.94. The summed E-state index contributed by atoms with van der Waals surface area (Å²) in [5, 5.41) is 7.27. The predicted molar refractivity (Wildman–Crippen MR) is 104 cm³/mol. The summed E-state index contributed by atoms with van der Waals surface area (Å²) in [5.41, 5.74) is 0.972. The van der Waals surface area contributed by atoms with E-state index in [9.17, 15) is 9.18 Å². The Kier molecular flexibility index (Phi) is 6.51. The minimum absolute atomic E-state index is 0.0833. The maximum atomic E-state index is 13.9. The van der Waals surface area contributed by atoms with E-state index in [1.807, 2.05) is 17.0 Å². The van der Waals surface area contributed by atoms with E-state index in [4.69, 9.17) is 4.74 Å². The molecule has 2 aliphatic rings. The molecule has 2 fully saturated rings. The highest BCUT2D eigenvalue weighted by Gasteiger charge is 2.29. The van der Waals surface area contributed by atoms with Crippen molar-refractivity contribution in [3.8, 4) is 0 Å². The average molecular weight is 402 g/mol. The van der Waals surface area contributed by atoms with Crippen LogP contribution in [0.15, 0.2) is 35.1 Å². The Bertz CT molecular complexity index is 787. The summed E-state index contributed by atoms with van der Waals surface area (Å²) in [6.45, 7) is 4.41. The van der Waals surface area contributed by atoms with Gasteiger partial charge in [0, 0.05) is 31.8 Å². The van der Waals surface area contributed by atoms with Gasteiger partial charge in [0.2, 0.25) is 0 Å². The van der Waals surface area contributed by atoms with E-state index in [-0.39, 0.29) is 23.5 Å². The summed E-state index contributed by atoms with van der Waals surface area (Å²) >= 11 is 0. The first-order valence-corrected chi connectivity index (χ1v) is 10.3. The highest BCUT2D eigenvalue weighted by atomic mass is 19.1. The summed E-state index contributed by atoms with van der Waals surface area (Å²) in [7, 11) is 0. The molecule has 0 unspecified atom stereocenters. The first-order chi connectivity index (χ1) is 14.2. The molecule has 1 atom stereocenters. The van der Waals surface area contributed by atoms with E-state index in [1.165, 1.54) is 12.3 Å². The summed E-state index contributed by atoms with van der Waals surface area (Å²) in [6.07, 6.45) is 5.40. The van der Waals surface area contributed by atoms with Crippen LogP contribution >= 0.6 is 0 Å². The van der Waals surface area contributed by atoms with Crippen molar-refractivity contribution in [2.45, 2.75) is 38.3 Å². The lowest BCUT2D eigenvalue weighted by Gasteiger charge is -2.35. The first-order valence-electron chi connectivity index (χ1n) is 10.3. The number of amides is 1. The molecule has 0 radical (unpaired) electrons. The molecule has 2 saturated heterocycles. The third-order valence-corrected chi connectivity index (χ3v) is 5.85. The van der Waals surface area contributed by atoms with Crippen molar-refractivity contribution in [3.63, 3.8) is 0 Å². The van der Waals surface area contributed by atoms with Gasteiger partial charge < -0.3 is 9.64 Å². The second-order valence-electron chi connectivity index (χ2n) is 7.95. The molecule has 0 spiro atoms. The minimum Gasteiger partial charge on any atom is -0.376 e. The summed E-state index contributed by atoms with van der Waals surface area (Å²) < 4.78 is 24.3. The number of hydrogen-bond acceptors (Lipinski definition) is 6. The number of benzene rings is 1. The molecule has 0 N–H and O–H groups in total. The van der Waals surface area contributed by atoms with Crippen molar-refractivity contribution in [1.82, 2.24) is 20.1 Å². The van der Waals surface area contributed by atoms with Crippen LogP contribution in [0.2, 0.25) is 0 Å². The standard InChI is InChI=1S/C21H27FN4O3/c22-19-6-2-1-4-17(19)14-25-9-7-16(8-10-25)13-26(15-18-5-3-11-28-18)21(27)20-12-23-29-24-20/h1-2,4,6,12,16,18H,3,5,7-11,13-15H2/t18-/m1/s1. The molecule has 29 heavy (non-hydrogen) atoms. The third-order valence-electron chi connectivity index (χ3n) is 5.85. The summed E-state index contributed by atoms with van der Waals surface area (Å²) in [5.74, 6) is 0.0943. The molecule has 8 heteroatoms. The molecule has 3 heterocycles. The lowest BCUT2D eigenvalue weighted by molar-refractivity contribution is 0.0437. The monoisotopic (exact) mass is 402 g/mol. The molecule has 0 saturated carbocycles. The number of rotatable bonds is 7. The number of likely N-dealkylation sites (tertiary alicyclic amines) is 1. The van der Waals surface area contributed by atoms with Crippen LogP contribution in [0.1, 0.15) is 41.7 Å². The van der Waals surface area contributed by atoms with Gasteiger partial charge in [0.1, 0.15) is 12.0 Å². The van der Waals surface area contributed by atoms with Crippen molar-refractivity contribution in [3.05, 3.63) is 47.5 Å². The van der Waals surface area contributed by atoms with Crippen molar-refractivity contribution >= 4 is 5.91 Å². The molecular weight excluding hydrogens is 375 g/mol. The molecule has 2 aromatic rings. The Balaban J connectivity index is 1.33. The van der Waals surface area contributed by atoms with Gasteiger partial charge in [-0.2, -0.15) is 0 Å². The fraction of sp³-hybridized carbons (Fsp3) is 0.571. The van der Waals surface area contributed by atoms with Crippen LogP contribution in [-0.2, 0) is 11.3 Å². The molecule has 1 amide bonds. The maximum absolute atomic E-state index is 13.9. The Hall–Kier alpha value is -2.32. The van der Waals surface area contributed by atoms with Gasteiger partial charge in [-0.3, -0.25) is 9.69 Å². The first kappa shape index (κ1) is 20.0. The summed E-state index contributed by atoms with van der Waals surface area (Å²) in [4.78, 5) is 17.0. The number of hydrogen-bond donors (Lipinski definition) is 0. The van der Waals surface area contributed by atoms with Crippen molar-refractivity contribution in [2.24, 2.45) is 5.92 Å². The zero-order chi connectivity index (χ0) is 20.1. The Morgan fingerprint density at radius 2 is 2.03 bits per heavy atom. The van der Waals surface area contributed by atoms with Crippen molar-refractivity contribution in [1.29, 1.82) is 0 Å². The fourth-order valence-corrected chi connectivity index (χ4v) is 4.20. The quantitative estimate of drug-likeness (QED) is 0.709. The van der Waals surface area contributed by atoms with Crippen LogP contribution < -0.4 is 0 Å². The topological polar surface area (TPSA) is 71.7 Å². The maximum Gasteiger partial charge on any atom is 0.277 e. The van der Waals surface area contributed by atoms with E-state index in [2.05, 4.69) is 19.8 Å². The number of aromatic nitrogens is 2. The second kappa shape index (κ2) is 9.45. The molecule has 2 aliphatic heterocycles. The van der Waals surface area contributed by atoms with Crippen molar-refractivity contribution in [2.75, 3.05) is 32.8 Å². The van der Waals surface area contributed by atoms with E-state index < -0.39 is 0 Å². The third kappa shape index (κ3) is 5.19. The zero-order valence-corrected chi connectivity index (χ0v) is 16.5. The smallest absolute Gasteiger partial charge is 0.277 e. The van der Waals surface area contributed by atoms with Gasteiger partial charge in [-0.25, -0.2) is 9.02 Å². The van der Waals surface area contributed by atoms with Gasteiger partial charge in [-0.1, -0.05) is 23.4 Å². The van der Waals surface area contributed by atoms with Crippen LogP contribution in [0.3, 0.4) is 0 Å².